The van der Waals surface area contributed by atoms with Gasteiger partial charge in [0, 0.05) is 30.1 Å². The van der Waals surface area contributed by atoms with Crippen LogP contribution in [0.4, 0.5) is 0 Å². The first-order chi connectivity index (χ1) is 9.56. The van der Waals surface area contributed by atoms with Gasteiger partial charge in [0.1, 0.15) is 0 Å². The fourth-order valence-electron chi connectivity index (χ4n) is 1.81. The first kappa shape index (κ1) is 14.8. The first-order valence-electron chi connectivity index (χ1n) is 6.26. The number of hydrogen-bond donors (Lipinski definition) is 1. The second kappa shape index (κ2) is 6.72. The monoisotopic (exact) mass is 310 g/mol. The normalized spacial score (nSPS) is 12.1. The largest absolute Gasteiger partial charge is 0.349 e. The predicted molar refractivity (Wildman–Crippen MR) is 81.2 cm³/mol. The summed E-state index contributed by atoms with van der Waals surface area (Å²) in [5, 5.41) is 2.90. The summed E-state index contributed by atoms with van der Waals surface area (Å²) >= 11 is 7.32. The van der Waals surface area contributed by atoms with Crippen molar-refractivity contribution >= 4 is 28.8 Å². The third-order valence-corrected chi connectivity index (χ3v) is 4.29. The van der Waals surface area contributed by atoms with Crippen molar-refractivity contribution in [3.8, 4) is 0 Å². The van der Waals surface area contributed by atoms with Crippen molar-refractivity contribution in [2.75, 3.05) is 0 Å². The lowest BCUT2D eigenvalue weighted by Gasteiger charge is -2.12. The van der Waals surface area contributed by atoms with E-state index >= 15 is 0 Å². The zero-order valence-electron chi connectivity index (χ0n) is 11.0. The number of rotatable bonds is 5. The predicted octanol–water partition coefficient (Wildman–Crippen LogP) is 2.83. The van der Waals surface area contributed by atoms with Crippen molar-refractivity contribution in [2.45, 2.75) is 25.9 Å². The van der Waals surface area contributed by atoms with Gasteiger partial charge in [-0.05, 0) is 25.1 Å². The minimum atomic E-state index is -0.0987. The van der Waals surface area contributed by atoms with Gasteiger partial charge in [-0.1, -0.05) is 17.7 Å². The van der Waals surface area contributed by atoms with Crippen LogP contribution < -0.4 is 10.9 Å². The molecule has 4 nitrogen and oxygen atoms in total. The summed E-state index contributed by atoms with van der Waals surface area (Å²) in [5.74, 6) is -0.0854. The Hall–Kier alpha value is -1.59. The molecule has 0 aromatic carbocycles. The molecule has 106 valence electrons. The Morgan fingerprint density at radius 1 is 1.40 bits per heavy atom. The molecule has 2 heterocycles. The Labute approximate surface area is 126 Å². The highest BCUT2D eigenvalue weighted by Crippen LogP contribution is 2.26. The number of amides is 1. The van der Waals surface area contributed by atoms with E-state index < -0.39 is 0 Å². The number of carbonyl (C=O) groups is 1. The molecule has 1 unspecified atom stereocenters. The standard InChI is InChI=1S/C14H15ClN2O2S/c1-10(11-5-6-12(15)20-11)16-13(18)7-9-17-8-3-2-4-14(17)19/h2-6,8,10H,7,9H2,1H3,(H,16,18). The van der Waals surface area contributed by atoms with Crippen molar-refractivity contribution in [1.82, 2.24) is 9.88 Å². The van der Waals surface area contributed by atoms with Crippen LogP contribution in [0.3, 0.4) is 0 Å². The van der Waals surface area contributed by atoms with E-state index in [4.69, 9.17) is 11.6 Å². The molecule has 20 heavy (non-hydrogen) atoms. The lowest BCUT2D eigenvalue weighted by Crippen LogP contribution is -2.28. The number of aryl methyl sites for hydroxylation is 1. The third-order valence-electron chi connectivity index (χ3n) is 2.88. The van der Waals surface area contributed by atoms with Crippen LogP contribution in [-0.2, 0) is 11.3 Å². The van der Waals surface area contributed by atoms with E-state index in [1.807, 2.05) is 19.1 Å². The molecule has 2 rings (SSSR count). The number of nitrogens with zero attached hydrogens (tertiary/aromatic N) is 1. The average molecular weight is 311 g/mol. The SMILES string of the molecule is CC(NC(=O)CCn1ccccc1=O)c1ccc(Cl)s1. The lowest BCUT2D eigenvalue weighted by atomic mass is 10.2. The molecule has 1 amide bonds. The Morgan fingerprint density at radius 2 is 2.20 bits per heavy atom. The molecule has 0 radical (unpaired) electrons. The number of aromatic nitrogens is 1. The number of pyridine rings is 1. The van der Waals surface area contributed by atoms with Crippen molar-refractivity contribution in [1.29, 1.82) is 0 Å². The topological polar surface area (TPSA) is 51.1 Å². The molecular formula is C14H15ClN2O2S. The molecule has 2 aromatic heterocycles. The molecule has 1 N–H and O–H groups in total. The van der Waals surface area contributed by atoms with Crippen LogP contribution in [0.5, 0.6) is 0 Å². The van der Waals surface area contributed by atoms with E-state index in [1.54, 1.807) is 18.3 Å². The lowest BCUT2D eigenvalue weighted by molar-refractivity contribution is -0.121. The van der Waals surface area contributed by atoms with Gasteiger partial charge in [-0.25, -0.2) is 0 Å². The number of thiophene rings is 1. The number of carbonyl (C=O) groups excluding carboxylic acids is 1. The summed E-state index contributed by atoms with van der Waals surface area (Å²) in [7, 11) is 0. The molecule has 6 heteroatoms. The van der Waals surface area contributed by atoms with E-state index in [2.05, 4.69) is 5.32 Å². The van der Waals surface area contributed by atoms with Gasteiger partial charge in [0.25, 0.3) is 5.56 Å². The molecular weight excluding hydrogens is 296 g/mol. The molecule has 2 aromatic rings. The average Bonchev–Trinajstić information content (AvgIpc) is 2.84. The summed E-state index contributed by atoms with van der Waals surface area (Å²) in [6, 6.07) is 8.58. The molecule has 0 bridgehead atoms. The Morgan fingerprint density at radius 3 is 2.85 bits per heavy atom. The number of hydrogen-bond acceptors (Lipinski definition) is 3. The molecule has 0 aliphatic carbocycles. The zero-order valence-corrected chi connectivity index (χ0v) is 12.6. The summed E-state index contributed by atoms with van der Waals surface area (Å²) < 4.78 is 2.23. The third kappa shape index (κ3) is 3.95. The van der Waals surface area contributed by atoms with Crippen molar-refractivity contribution < 1.29 is 4.79 Å². The van der Waals surface area contributed by atoms with Gasteiger partial charge in [0.05, 0.1) is 10.4 Å². The highest BCUT2D eigenvalue weighted by atomic mass is 35.5. The van der Waals surface area contributed by atoms with Gasteiger partial charge in [-0.3, -0.25) is 9.59 Å². The minimum absolute atomic E-state index is 0.0764. The van der Waals surface area contributed by atoms with Crippen LogP contribution in [0.25, 0.3) is 0 Å². The zero-order chi connectivity index (χ0) is 14.5. The van der Waals surface area contributed by atoms with Crippen LogP contribution in [0.1, 0.15) is 24.3 Å². The molecule has 0 aliphatic rings. The van der Waals surface area contributed by atoms with Gasteiger partial charge < -0.3 is 9.88 Å². The Bertz CT molecular complexity index is 650. The van der Waals surface area contributed by atoms with Crippen molar-refractivity contribution in [3.63, 3.8) is 0 Å². The van der Waals surface area contributed by atoms with Gasteiger partial charge in [0.2, 0.25) is 5.91 Å². The molecule has 0 saturated heterocycles. The smallest absolute Gasteiger partial charge is 0.250 e. The van der Waals surface area contributed by atoms with E-state index in [9.17, 15) is 9.59 Å². The van der Waals surface area contributed by atoms with Gasteiger partial charge in [-0.2, -0.15) is 0 Å². The van der Waals surface area contributed by atoms with E-state index in [0.29, 0.717) is 10.9 Å². The van der Waals surface area contributed by atoms with Crippen LogP contribution in [0, 0.1) is 0 Å². The van der Waals surface area contributed by atoms with Gasteiger partial charge in [-0.15, -0.1) is 11.3 Å². The van der Waals surface area contributed by atoms with Crippen LogP contribution >= 0.6 is 22.9 Å². The maximum atomic E-state index is 11.9. The maximum Gasteiger partial charge on any atom is 0.250 e. The highest BCUT2D eigenvalue weighted by Gasteiger charge is 2.11. The fourth-order valence-corrected chi connectivity index (χ4v) is 2.88. The first-order valence-corrected chi connectivity index (χ1v) is 7.46. The molecule has 1 atom stereocenters. The van der Waals surface area contributed by atoms with E-state index in [1.165, 1.54) is 22.0 Å². The van der Waals surface area contributed by atoms with Crippen molar-refractivity contribution in [2.24, 2.45) is 0 Å². The van der Waals surface area contributed by atoms with Gasteiger partial charge >= 0.3 is 0 Å². The number of halogens is 1. The van der Waals surface area contributed by atoms with Gasteiger partial charge in [0.15, 0.2) is 0 Å². The number of nitrogens with one attached hydrogen (secondary N) is 1. The van der Waals surface area contributed by atoms with Crippen LogP contribution in [-0.4, -0.2) is 10.5 Å². The van der Waals surface area contributed by atoms with Crippen LogP contribution in [0.2, 0.25) is 4.34 Å². The van der Waals surface area contributed by atoms with E-state index in [0.717, 1.165) is 4.88 Å². The summed E-state index contributed by atoms with van der Waals surface area (Å²) in [6.07, 6.45) is 1.95. The highest BCUT2D eigenvalue weighted by molar-refractivity contribution is 7.16. The second-order valence-electron chi connectivity index (χ2n) is 4.41. The fraction of sp³-hybridized carbons (Fsp3) is 0.286. The Kier molecular flexibility index (Phi) is 4.98. The molecule has 0 fully saturated rings. The van der Waals surface area contributed by atoms with Crippen LogP contribution in [0.15, 0.2) is 41.3 Å². The molecule has 0 aliphatic heterocycles. The summed E-state index contributed by atoms with van der Waals surface area (Å²) in [4.78, 5) is 24.4. The molecule has 0 saturated carbocycles. The van der Waals surface area contributed by atoms with E-state index in [-0.39, 0.29) is 23.9 Å². The molecule has 0 spiro atoms. The Balaban J connectivity index is 1.87. The maximum absolute atomic E-state index is 11.9. The minimum Gasteiger partial charge on any atom is -0.349 e. The second-order valence-corrected chi connectivity index (χ2v) is 6.16. The summed E-state index contributed by atoms with van der Waals surface area (Å²) in [6.45, 7) is 2.29. The summed E-state index contributed by atoms with van der Waals surface area (Å²) in [5.41, 5.74) is -0.0987. The van der Waals surface area contributed by atoms with Crippen molar-refractivity contribution in [3.05, 3.63) is 56.1 Å². The quantitative estimate of drug-likeness (QED) is 0.923.